The van der Waals surface area contributed by atoms with Crippen molar-refractivity contribution in [3.8, 4) is 5.88 Å². The van der Waals surface area contributed by atoms with Gasteiger partial charge >= 0.3 is 0 Å². The first-order valence-electron chi connectivity index (χ1n) is 9.50. The zero-order valence-corrected chi connectivity index (χ0v) is 17.3. The monoisotopic (exact) mass is 421 g/mol. The molecule has 3 heterocycles. The lowest BCUT2D eigenvalue weighted by Gasteiger charge is -2.39. The number of fused-ring (bicyclic) bond motifs is 1. The third-order valence-electron chi connectivity index (χ3n) is 5.18. The number of piperazine rings is 1. The van der Waals surface area contributed by atoms with Crippen molar-refractivity contribution in [1.29, 1.82) is 0 Å². The fraction of sp³-hybridized carbons (Fsp3) is 0.474. The van der Waals surface area contributed by atoms with Gasteiger partial charge in [0.2, 0.25) is 10.8 Å². The van der Waals surface area contributed by atoms with E-state index in [1.807, 2.05) is 31.2 Å². The van der Waals surface area contributed by atoms with Gasteiger partial charge in [0.15, 0.2) is 5.82 Å². The first-order chi connectivity index (χ1) is 13.6. The van der Waals surface area contributed by atoms with Crippen LogP contribution in [0.4, 0.5) is 0 Å². The van der Waals surface area contributed by atoms with Gasteiger partial charge in [-0.2, -0.15) is 4.52 Å². The second-order valence-corrected chi connectivity index (χ2v) is 8.37. The van der Waals surface area contributed by atoms with Crippen molar-refractivity contribution in [1.82, 2.24) is 24.4 Å². The lowest BCUT2D eigenvalue weighted by Crippen LogP contribution is -2.48. The Kier molecular flexibility index (Phi) is 5.84. The molecule has 1 aliphatic rings. The van der Waals surface area contributed by atoms with Crippen molar-refractivity contribution in [2.45, 2.75) is 19.4 Å². The lowest BCUT2D eigenvalue weighted by atomic mass is 10.0. The summed E-state index contributed by atoms with van der Waals surface area (Å²) in [6.07, 6.45) is 0.733. The van der Waals surface area contributed by atoms with Crippen LogP contribution in [0.2, 0.25) is 5.02 Å². The summed E-state index contributed by atoms with van der Waals surface area (Å²) in [5.74, 6) is 0.888. The van der Waals surface area contributed by atoms with Crippen molar-refractivity contribution in [2.24, 2.45) is 0 Å². The Labute approximate surface area is 172 Å². The Balaban J connectivity index is 1.70. The molecule has 0 spiro atoms. The predicted octanol–water partition coefficient (Wildman–Crippen LogP) is 2.41. The van der Waals surface area contributed by atoms with Gasteiger partial charge in [0.25, 0.3) is 0 Å². The molecule has 0 saturated carbocycles. The molecule has 3 aromatic rings. The maximum absolute atomic E-state index is 10.9. The SMILES string of the molecule is CCc1nc2sc(C(c3ccc(Cl)cc3)N3CCN(CCO)CC3)c(O)n2n1. The topological polar surface area (TPSA) is 77.1 Å². The molecule has 0 amide bonds. The van der Waals surface area contributed by atoms with Gasteiger partial charge < -0.3 is 10.2 Å². The molecule has 28 heavy (non-hydrogen) atoms. The number of hydrogen-bond acceptors (Lipinski definition) is 7. The molecule has 0 bridgehead atoms. The number of β-amino-alcohol motifs (C(OH)–C–C–N with tert-alkyl or cyclic N) is 1. The molecule has 1 fully saturated rings. The van der Waals surface area contributed by atoms with E-state index in [2.05, 4.69) is 19.9 Å². The average molecular weight is 422 g/mol. The minimum Gasteiger partial charge on any atom is -0.492 e. The molecule has 2 N–H and O–H groups in total. The van der Waals surface area contributed by atoms with Crippen LogP contribution in [0.5, 0.6) is 5.88 Å². The van der Waals surface area contributed by atoms with E-state index in [4.69, 9.17) is 11.6 Å². The van der Waals surface area contributed by atoms with Crippen molar-refractivity contribution in [3.05, 3.63) is 45.6 Å². The van der Waals surface area contributed by atoms with Crippen molar-refractivity contribution in [2.75, 3.05) is 39.3 Å². The molecule has 7 nitrogen and oxygen atoms in total. The van der Waals surface area contributed by atoms with Crippen LogP contribution in [0.25, 0.3) is 4.96 Å². The van der Waals surface area contributed by atoms with Gasteiger partial charge in [0, 0.05) is 44.2 Å². The first-order valence-corrected chi connectivity index (χ1v) is 10.7. The van der Waals surface area contributed by atoms with E-state index in [0.29, 0.717) is 16.5 Å². The summed E-state index contributed by atoms with van der Waals surface area (Å²) in [5, 5.41) is 25.2. The Morgan fingerprint density at radius 3 is 2.50 bits per heavy atom. The van der Waals surface area contributed by atoms with Crippen molar-refractivity contribution in [3.63, 3.8) is 0 Å². The van der Waals surface area contributed by atoms with E-state index in [-0.39, 0.29) is 18.5 Å². The third-order valence-corrected chi connectivity index (χ3v) is 6.51. The first kappa shape index (κ1) is 19.6. The number of aliphatic hydroxyl groups is 1. The summed E-state index contributed by atoms with van der Waals surface area (Å²) in [4.78, 5) is 10.7. The quantitative estimate of drug-likeness (QED) is 0.636. The largest absolute Gasteiger partial charge is 0.492 e. The van der Waals surface area contributed by atoms with E-state index < -0.39 is 0 Å². The van der Waals surface area contributed by atoms with E-state index >= 15 is 0 Å². The molecule has 1 aliphatic heterocycles. The fourth-order valence-corrected chi connectivity index (χ4v) is 4.94. The van der Waals surface area contributed by atoms with Gasteiger partial charge in [0.1, 0.15) is 0 Å². The number of nitrogens with zero attached hydrogens (tertiary/aromatic N) is 5. The van der Waals surface area contributed by atoms with Gasteiger partial charge in [-0.05, 0) is 17.7 Å². The molecule has 2 aromatic heterocycles. The molecule has 1 unspecified atom stereocenters. The predicted molar refractivity (Wildman–Crippen MR) is 110 cm³/mol. The molecule has 1 saturated heterocycles. The summed E-state index contributed by atoms with van der Waals surface area (Å²) in [7, 11) is 0. The molecule has 150 valence electrons. The van der Waals surface area contributed by atoms with Crippen LogP contribution in [-0.2, 0) is 6.42 Å². The molecule has 9 heteroatoms. The Morgan fingerprint density at radius 1 is 1.18 bits per heavy atom. The minimum absolute atomic E-state index is 0.0906. The van der Waals surface area contributed by atoms with Crippen LogP contribution < -0.4 is 0 Å². The second-order valence-electron chi connectivity index (χ2n) is 6.92. The van der Waals surface area contributed by atoms with Crippen molar-refractivity contribution < 1.29 is 10.2 Å². The average Bonchev–Trinajstić information content (AvgIpc) is 3.24. The summed E-state index contributed by atoms with van der Waals surface area (Å²) in [6, 6.07) is 7.71. The van der Waals surface area contributed by atoms with E-state index in [1.54, 1.807) is 4.52 Å². The van der Waals surface area contributed by atoms with Gasteiger partial charge in [0.05, 0.1) is 17.5 Å². The van der Waals surface area contributed by atoms with Crippen LogP contribution in [0.1, 0.15) is 29.2 Å². The van der Waals surface area contributed by atoms with Gasteiger partial charge in [-0.25, -0.2) is 4.98 Å². The molecule has 1 aromatic carbocycles. The molecule has 4 rings (SSSR count). The second kappa shape index (κ2) is 8.34. The standard InChI is InChI=1S/C19H24ClN5O2S/c1-2-15-21-19-25(22-15)18(27)17(28-19)16(13-3-5-14(20)6-4-13)24-9-7-23(8-10-24)11-12-26/h3-6,16,26-27H,2,7-12H2,1H3. The molecular weight excluding hydrogens is 398 g/mol. The van der Waals surface area contributed by atoms with Crippen LogP contribution in [0.15, 0.2) is 24.3 Å². The summed E-state index contributed by atoms with van der Waals surface area (Å²) in [5.41, 5.74) is 1.08. The maximum atomic E-state index is 10.9. The highest BCUT2D eigenvalue weighted by Crippen LogP contribution is 2.40. The van der Waals surface area contributed by atoms with E-state index in [0.717, 1.165) is 48.9 Å². The number of aliphatic hydroxyl groups excluding tert-OH is 1. The van der Waals surface area contributed by atoms with Crippen molar-refractivity contribution >= 4 is 27.9 Å². The third kappa shape index (κ3) is 3.75. The smallest absolute Gasteiger partial charge is 0.230 e. The highest BCUT2D eigenvalue weighted by molar-refractivity contribution is 7.17. The minimum atomic E-state index is -0.0906. The summed E-state index contributed by atoms with van der Waals surface area (Å²) in [6.45, 7) is 6.33. The molecular formula is C19H24ClN5O2S. The van der Waals surface area contributed by atoms with Crippen LogP contribution in [0, 0.1) is 0 Å². The molecule has 0 aliphatic carbocycles. The number of aromatic hydroxyl groups is 1. The number of halogens is 1. The zero-order valence-electron chi connectivity index (χ0n) is 15.8. The Hall–Kier alpha value is -1.71. The molecule has 0 radical (unpaired) electrons. The molecule has 1 atom stereocenters. The fourth-order valence-electron chi connectivity index (χ4n) is 3.68. The van der Waals surface area contributed by atoms with Crippen LogP contribution in [0.3, 0.4) is 0 Å². The Bertz CT molecular complexity index is 934. The number of hydrogen-bond donors (Lipinski definition) is 2. The Morgan fingerprint density at radius 2 is 1.89 bits per heavy atom. The highest BCUT2D eigenvalue weighted by Gasteiger charge is 2.31. The van der Waals surface area contributed by atoms with E-state index in [9.17, 15) is 10.2 Å². The van der Waals surface area contributed by atoms with Gasteiger partial charge in [-0.15, -0.1) is 5.10 Å². The summed E-state index contributed by atoms with van der Waals surface area (Å²) < 4.78 is 1.55. The van der Waals surface area contributed by atoms with E-state index in [1.165, 1.54) is 11.3 Å². The number of aromatic nitrogens is 3. The highest BCUT2D eigenvalue weighted by atomic mass is 35.5. The van der Waals surface area contributed by atoms with Crippen LogP contribution >= 0.6 is 22.9 Å². The number of benzene rings is 1. The normalized spacial score (nSPS) is 17.4. The van der Waals surface area contributed by atoms with Crippen LogP contribution in [-0.4, -0.2) is 73.9 Å². The number of rotatable bonds is 6. The summed E-state index contributed by atoms with van der Waals surface area (Å²) >= 11 is 7.58. The zero-order chi connectivity index (χ0) is 19.7. The maximum Gasteiger partial charge on any atom is 0.230 e. The number of aryl methyl sites for hydroxylation is 1. The lowest BCUT2D eigenvalue weighted by molar-refractivity contribution is 0.0945. The number of thiazole rings is 1. The van der Waals surface area contributed by atoms with Gasteiger partial charge in [-0.3, -0.25) is 9.80 Å². The van der Waals surface area contributed by atoms with Gasteiger partial charge in [-0.1, -0.05) is 42.0 Å².